The summed E-state index contributed by atoms with van der Waals surface area (Å²) >= 11 is 0. The van der Waals surface area contributed by atoms with Crippen LogP contribution < -0.4 is 10.2 Å². The van der Waals surface area contributed by atoms with Gasteiger partial charge in [0.05, 0.1) is 31.9 Å². The Labute approximate surface area is 370 Å². The number of ether oxygens (including phenoxy) is 2. The zero-order chi connectivity index (χ0) is 46.6. The van der Waals surface area contributed by atoms with Gasteiger partial charge in [0, 0.05) is 80.4 Å². The fourth-order valence-corrected chi connectivity index (χ4v) is 9.61. The van der Waals surface area contributed by atoms with Gasteiger partial charge >= 0.3 is 5.97 Å². The Balaban J connectivity index is 1.72. The molecule has 2 aliphatic rings. The van der Waals surface area contributed by atoms with E-state index in [0.717, 1.165) is 5.70 Å². The molecule has 0 aromatic heterocycles. The number of unbranched alkanes of at least 4 members (excludes halogenated alkanes) is 2. The molecule has 20 heteroatoms. The van der Waals surface area contributed by atoms with Crippen LogP contribution in [0.15, 0.2) is 94.4 Å². The van der Waals surface area contributed by atoms with Gasteiger partial charge in [0.15, 0.2) is 12.3 Å². The van der Waals surface area contributed by atoms with E-state index in [1.807, 2.05) is 22.5 Å². The predicted molar refractivity (Wildman–Crippen MR) is 232 cm³/mol. The van der Waals surface area contributed by atoms with Crippen LogP contribution in [0.3, 0.4) is 0 Å². The van der Waals surface area contributed by atoms with Crippen molar-refractivity contribution < 1.29 is 67.7 Å². The van der Waals surface area contributed by atoms with E-state index in [1.165, 1.54) is 44.6 Å². The largest absolute Gasteiger partial charge is 0.748 e. The lowest BCUT2D eigenvalue weighted by atomic mass is 9.76. The number of methoxy groups -OCH3 is 2. The van der Waals surface area contributed by atoms with Crippen LogP contribution in [-0.2, 0) is 60.2 Å². The Morgan fingerprint density at radius 3 is 2.05 bits per heavy atom. The molecule has 2 aliphatic heterocycles. The van der Waals surface area contributed by atoms with Crippen molar-refractivity contribution in [2.24, 2.45) is 0 Å². The van der Waals surface area contributed by atoms with Gasteiger partial charge in [-0.25, -0.2) is 25.3 Å². The van der Waals surface area contributed by atoms with Crippen LogP contribution in [0, 0.1) is 0 Å². The molecule has 1 amide bonds. The summed E-state index contributed by atoms with van der Waals surface area (Å²) in [6, 6.07) is 8.21. The molecule has 0 saturated carbocycles. The summed E-state index contributed by atoms with van der Waals surface area (Å²) in [4.78, 5) is 25.2. The van der Waals surface area contributed by atoms with Gasteiger partial charge in [-0.15, -0.1) is 0 Å². The van der Waals surface area contributed by atoms with Gasteiger partial charge in [-0.05, 0) is 87.9 Å². The van der Waals surface area contributed by atoms with E-state index < -0.39 is 62.7 Å². The third-order valence-corrected chi connectivity index (χ3v) is 13.7. The van der Waals surface area contributed by atoms with Crippen molar-refractivity contribution in [2.75, 3.05) is 57.7 Å². The van der Waals surface area contributed by atoms with Crippen molar-refractivity contribution in [1.29, 1.82) is 0 Å². The minimum absolute atomic E-state index is 0.0124. The van der Waals surface area contributed by atoms with Gasteiger partial charge in [-0.2, -0.15) is 4.58 Å². The number of nitrogens with zero attached hydrogens (tertiary/aromatic N) is 2. The molecule has 63 heavy (non-hydrogen) atoms. The molecule has 0 radical (unpaired) electrons. The molecule has 17 nitrogen and oxygen atoms in total. The number of hydrogen-bond acceptors (Lipinski definition) is 14. The van der Waals surface area contributed by atoms with Gasteiger partial charge in [0.1, 0.15) is 26.8 Å². The van der Waals surface area contributed by atoms with Crippen molar-refractivity contribution in [3.8, 4) is 0 Å². The van der Waals surface area contributed by atoms with Crippen LogP contribution >= 0.6 is 0 Å². The number of benzene rings is 2. The lowest BCUT2D eigenvalue weighted by molar-refractivity contribution is -0.441. The maximum atomic E-state index is 12.9. The van der Waals surface area contributed by atoms with Crippen molar-refractivity contribution in [3.05, 3.63) is 95.8 Å². The Kier molecular flexibility index (Phi) is 17.8. The van der Waals surface area contributed by atoms with Crippen LogP contribution in [0.4, 0.5) is 11.4 Å². The van der Waals surface area contributed by atoms with Crippen LogP contribution in [0.1, 0.15) is 76.3 Å². The fraction of sp³-hybridized carbons (Fsp3) is 0.465. The minimum atomic E-state index is -4.83. The highest BCUT2D eigenvalue weighted by Gasteiger charge is 2.48. The summed E-state index contributed by atoms with van der Waals surface area (Å²) in [6.07, 6.45) is 14.4. The van der Waals surface area contributed by atoms with E-state index in [-0.39, 0.29) is 44.6 Å². The molecule has 0 saturated heterocycles. The van der Waals surface area contributed by atoms with E-state index in [4.69, 9.17) is 14.6 Å². The molecule has 2 unspecified atom stereocenters. The van der Waals surface area contributed by atoms with Gasteiger partial charge < -0.3 is 38.5 Å². The van der Waals surface area contributed by atoms with E-state index >= 15 is 0 Å². The van der Waals surface area contributed by atoms with Crippen molar-refractivity contribution in [2.45, 2.75) is 85.8 Å². The quantitative estimate of drug-likeness (QED) is 0.0607. The van der Waals surface area contributed by atoms with Crippen LogP contribution in [0.2, 0.25) is 0 Å². The number of nitrogens with one attached hydrogen (secondary N) is 1. The Bertz CT molecular complexity index is 2500. The van der Waals surface area contributed by atoms with Crippen molar-refractivity contribution in [3.63, 3.8) is 0 Å². The van der Waals surface area contributed by atoms with Crippen LogP contribution in [0.25, 0.3) is 0 Å². The molecule has 2 atom stereocenters. The number of fused-ring (bicyclic) bond motifs is 2. The SMILES string of the molecule is COCCNC(=O)CCC1(C)C(=CC=CC=CC=CC2=[N+](CCOC)c3ccc(S(=O)(=O)[O-])cc3C2(C)CCCS(=O)(=O)[O-])N(CCCCCC(=O)O)c2ccc(S(=O)(=O)[O-])cc21. The highest BCUT2D eigenvalue weighted by Crippen LogP contribution is 2.51. The average molecular weight is 934 g/mol. The summed E-state index contributed by atoms with van der Waals surface area (Å²) in [7, 11) is -11.2. The number of carboxylic acid groups (broad SMARTS) is 1. The molecule has 2 aromatic carbocycles. The molecule has 2 heterocycles. The van der Waals surface area contributed by atoms with Crippen molar-refractivity contribution in [1.82, 2.24) is 5.32 Å². The second-order valence-corrected chi connectivity index (χ2v) is 20.0. The molecule has 0 spiro atoms. The van der Waals surface area contributed by atoms with E-state index in [9.17, 15) is 48.5 Å². The molecule has 0 aliphatic carbocycles. The summed E-state index contributed by atoms with van der Waals surface area (Å²) in [6.45, 7) is 5.31. The molecule has 4 rings (SSSR count). The Morgan fingerprint density at radius 2 is 1.41 bits per heavy atom. The van der Waals surface area contributed by atoms with Gasteiger partial charge in [0.25, 0.3) is 0 Å². The number of hydrogen-bond donors (Lipinski definition) is 2. The molecule has 0 bridgehead atoms. The van der Waals surface area contributed by atoms with Gasteiger partial charge in [0.2, 0.25) is 11.6 Å². The van der Waals surface area contributed by atoms with Crippen molar-refractivity contribution >= 4 is 59.3 Å². The number of aliphatic carboxylic acids is 1. The summed E-state index contributed by atoms with van der Waals surface area (Å²) in [5, 5.41) is 11.9. The first-order chi connectivity index (χ1) is 29.6. The van der Waals surface area contributed by atoms with E-state index in [1.54, 1.807) is 49.4 Å². The highest BCUT2D eigenvalue weighted by atomic mass is 32.2. The first-order valence-electron chi connectivity index (χ1n) is 20.3. The van der Waals surface area contributed by atoms with Crippen LogP contribution in [0.5, 0.6) is 0 Å². The molecular weight excluding hydrogens is 879 g/mol. The highest BCUT2D eigenvalue weighted by molar-refractivity contribution is 7.86. The van der Waals surface area contributed by atoms with Gasteiger partial charge in [-0.1, -0.05) is 36.8 Å². The Morgan fingerprint density at radius 1 is 0.778 bits per heavy atom. The monoisotopic (exact) mass is 933 g/mol. The second-order valence-electron chi connectivity index (χ2n) is 15.7. The van der Waals surface area contributed by atoms with E-state index in [0.29, 0.717) is 73.7 Å². The smallest absolute Gasteiger partial charge is 0.303 e. The normalized spacial score (nSPS) is 19.9. The zero-order valence-corrected chi connectivity index (χ0v) is 38.2. The molecule has 2 N–H and O–H groups in total. The molecular formula is C43H55N3O14S3-2. The number of allylic oxidation sites excluding steroid dienone is 8. The standard InChI is InChI=1S/C43H57N3O14S3/c1-42(22-13-29-61(50,51)52)34-30-32(62(53,54)55)18-20-37(34)46(26-28-60-4)38(42)14-9-6-5-7-10-15-39-43(2,23-21-40(47)44-24-27-59-3)35-31-33(63(56,57)58)17-19-36(35)45(39)25-12-8-11-16-41(48)49/h5-7,9-10,14-15,17-20,30-31H,8,11-13,16,21-29H2,1-4H3,(H4-,44,47,48,49,50,51,52,53,54,55,56,57,58)/p-2. The summed E-state index contributed by atoms with van der Waals surface area (Å²) in [5.74, 6) is -1.78. The lowest BCUT2D eigenvalue weighted by Gasteiger charge is -2.30. The van der Waals surface area contributed by atoms with E-state index in [2.05, 4.69) is 5.32 Å². The predicted octanol–water partition coefficient (Wildman–Crippen LogP) is 4.34. The number of carbonyl (C=O) groups is 2. The summed E-state index contributed by atoms with van der Waals surface area (Å²) in [5.41, 5.74) is 1.72. The number of amides is 1. The molecule has 346 valence electrons. The first kappa shape index (κ1) is 51.1. The third-order valence-electron chi connectivity index (χ3n) is 11.3. The third kappa shape index (κ3) is 13.5. The first-order valence-corrected chi connectivity index (χ1v) is 24.7. The Hall–Kier alpha value is -4.54. The average Bonchev–Trinajstić information content (AvgIpc) is 3.57. The maximum absolute atomic E-state index is 12.9. The minimum Gasteiger partial charge on any atom is -0.748 e. The molecule has 0 fully saturated rings. The maximum Gasteiger partial charge on any atom is 0.303 e. The number of carboxylic acids is 1. The van der Waals surface area contributed by atoms with Gasteiger partial charge in [-0.3, -0.25) is 9.59 Å². The number of carbonyl (C=O) groups excluding carboxylic acids is 1. The fourth-order valence-electron chi connectivity index (χ4n) is 8.12. The van der Waals surface area contributed by atoms with Crippen LogP contribution in [-0.4, -0.2) is 119 Å². The summed E-state index contributed by atoms with van der Waals surface area (Å²) < 4.78 is 120. The lowest BCUT2D eigenvalue weighted by Crippen LogP contribution is -2.32. The number of rotatable bonds is 25. The molecule has 2 aromatic rings. The number of anilines is 1. The topological polar surface area (TPSA) is 263 Å². The second kappa shape index (κ2) is 21.9. The zero-order valence-electron chi connectivity index (χ0n) is 35.8.